The van der Waals surface area contributed by atoms with Gasteiger partial charge in [0.2, 0.25) is 0 Å². The predicted molar refractivity (Wildman–Crippen MR) is 76.2 cm³/mol. The Balaban J connectivity index is 2.31. The molecular formula is C13H7Br2F2NO. The molecule has 2 aromatic carbocycles. The van der Waals surface area contributed by atoms with Crippen LogP contribution in [0.25, 0.3) is 0 Å². The van der Waals surface area contributed by atoms with Gasteiger partial charge in [0, 0.05) is 8.95 Å². The molecule has 1 N–H and O–H groups in total. The average molecular weight is 391 g/mol. The molecule has 0 fully saturated rings. The van der Waals surface area contributed by atoms with E-state index in [1.165, 1.54) is 24.3 Å². The van der Waals surface area contributed by atoms with Gasteiger partial charge < -0.3 is 5.32 Å². The van der Waals surface area contributed by atoms with Crippen molar-refractivity contribution < 1.29 is 13.6 Å². The highest BCUT2D eigenvalue weighted by atomic mass is 79.9. The van der Waals surface area contributed by atoms with Gasteiger partial charge in [0.1, 0.15) is 11.6 Å². The van der Waals surface area contributed by atoms with Gasteiger partial charge >= 0.3 is 0 Å². The molecule has 0 atom stereocenters. The second-order valence-corrected chi connectivity index (χ2v) is 5.38. The number of carbonyl (C=O) groups excluding carboxylic acids is 1. The SMILES string of the molecule is O=C(Nc1c(F)cccc1Br)c1ccc(F)cc1Br. The number of benzene rings is 2. The molecule has 1 amide bonds. The summed E-state index contributed by atoms with van der Waals surface area (Å²) in [6.07, 6.45) is 0. The largest absolute Gasteiger partial charge is 0.318 e. The van der Waals surface area contributed by atoms with Crippen LogP contribution in [0, 0.1) is 11.6 Å². The molecular weight excluding hydrogens is 384 g/mol. The maximum Gasteiger partial charge on any atom is 0.256 e. The van der Waals surface area contributed by atoms with Crippen molar-refractivity contribution >= 4 is 43.5 Å². The maximum atomic E-state index is 13.6. The molecule has 2 aromatic rings. The van der Waals surface area contributed by atoms with Gasteiger partial charge in [-0.05, 0) is 62.2 Å². The summed E-state index contributed by atoms with van der Waals surface area (Å²) in [7, 11) is 0. The first kappa shape index (κ1) is 14.1. The summed E-state index contributed by atoms with van der Waals surface area (Å²) >= 11 is 6.24. The van der Waals surface area contributed by atoms with Crippen LogP contribution in [0.2, 0.25) is 0 Å². The van der Waals surface area contributed by atoms with Crippen molar-refractivity contribution in [2.45, 2.75) is 0 Å². The van der Waals surface area contributed by atoms with Gasteiger partial charge in [-0.3, -0.25) is 4.79 Å². The van der Waals surface area contributed by atoms with E-state index in [1.807, 2.05) is 0 Å². The van der Waals surface area contributed by atoms with Crippen molar-refractivity contribution in [1.82, 2.24) is 0 Å². The van der Waals surface area contributed by atoms with Gasteiger partial charge in [-0.1, -0.05) is 6.07 Å². The fraction of sp³-hybridized carbons (Fsp3) is 0. The Kier molecular flexibility index (Phi) is 4.31. The molecule has 98 valence electrons. The van der Waals surface area contributed by atoms with E-state index in [0.717, 1.165) is 6.07 Å². The van der Waals surface area contributed by atoms with E-state index in [4.69, 9.17) is 0 Å². The molecule has 0 saturated heterocycles. The molecule has 0 radical (unpaired) electrons. The van der Waals surface area contributed by atoms with E-state index < -0.39 is 17.5 Å². The second kappa shape index (κ2) is 5.79. The molecule has 0 heterocycles. The van der Waals surface area contributed by atoms with E-state index >= 15 is 0 Å². The Morgan fingerprint density at radius 2 is 1.79 bits per heavy atom. The summed E-state index contributed by atoms with van der Waals surface area (Å²) in [6, 6.07) is 8.02. The number of carbonyl (C=O) groups is 1. The number of amides is 1. The second-order valence-electron chi connectivity index (χ2n) is 3.67. The van der Waals surface area contributed by atoms with Crippen LogP contribution >= 0.6 is 31.9 Å². The summed E-state index contributed by atoms with van der Waals surface area (Å²) in [5, 5.41) is 2.44. The minimum absolute atomic E-state index is 0.0451. The van der Waals surface area contributed by atoms with Crippen LogP contribution in [0.1, 0.15) is 10.4 Å². The van der Waals surface area contributed by atoms with Crippen molar-refractivity contribution in [3.63, 3.8) is 0 Å². The Morgan fingerprint density at radius 1 is 1.05 bits per heavy atom. The third-order valence-corrected chi connectivity index (χ3v) is 3.69. The lowest BCUT2D eigenvalue weighted by Crippen LogP contribution is -2.14. The van der Waals surface area contributed by atoms with Crippen molar-refractivity contribution in [3.05, 3.63) is 62.5 Å². The number of hydrogen-bond acceptors (Lipinski definition) is 1. The van der Waals surface area contributed by atoms with Crippen molar-refractivity contribution in [1.29, 1.82) is 0 Å². The lowest BCUT2D eigenvalue weighted by molar-refractivity contribution is 0.102. The zero-order chi connectivity index (χ0) is 14.0. The third-order valence-electron chi connectivity index (χ3n) is 2.38. The fourth-order valence-corrected chi connectivity index (χ4v) is 2.44. The number of nitrogens with one attached hydrogen (secondary N) is 1. The molecule has 2 nitrogen and oxygen atoms in total. The van der Waals surface area contributed by atoms with Crippen molar-refractivity contribution in [3.8, 4) is 0 Å². The number of hydrogen-bond donors (Lipinski definition) is 1. The van der Waals surface area contributed by atoms with E-state index in [0.29, 0.717) is 8.95 Å². The summed E-state index contributed by atoms with van der Waals surface area (Å²) in [5.41, 5.74) is 0.264. The fourth-order valence-electron chi connectivity index (χ4n) is 1.47. The summed E-state index contributed by atoms with van der Waals surface area (Å²) in [6.45, 7) is 0. The highest BCUT2D eigenvalue weighted by molar-refractivity contribution is 9.11. The van der Waals surface area contributed by atoms with Gasteiger partial charge in [0.05, 0.1) is 11.3 Å². The van der Waals surface area contributed by atoms with Crippen LogP contribution in [0.4, 0.5) is 14.5 Å². The molecule has 19 heavy (non-hydrogen) atoms. The maximum absolute atomic E-state index is 13.6. The number of anilines is 1. The third kappa shape index (κ3) is 3.19. The molecule has 0 aliphatic carbocycles. The quantitative estimate of drug-likeness (QED) is 0.788. The Morgan fingerprint density at radius 3 is 2.42 bits per heavy atom. The molecule has 2 rings (SSSR count). The highest BCUT2D eigenvalue weighted by Gasteiger charge is 2.14. The smallest absolute Gasteiger partial charge is 0.256 e. The number of rotatable bonds is 2. The van der Waals surface area contributed by atoms with Gasteiger partial charge in [-0.15, -0.1) is 0 Å². The average Bonchev–Trinajstić information content (AvgIpc) is 2.33. The zero-order valence-electron chi connectivity index (χ0n) is 9.38. The standard InChI is InChI=1S/C13H7Br2F2NO/c14-9-2-1-3-11(17)12(9)18-13(19)8-5-4-7(16)6-10(8)15/h1-6H,(H,18,19). The minimum Gasteiger partial charge on any atom is -0.318 e. The summed E-state index contributed by atoms with van der Waals surface area (Å²) in [4.78, 5) is 12.0. The van der Waals surface area contributed by atoms with Gasteiger partial charge in [-0.25, -0.2) is 8.78 Å². The zero-order valence-corrected chi connectivity index (χ0v) is 12.6. The Bertz CT molecular complexity index is 626. The van der Waals surface area contributed by atoms with Crippen LogP contribution in [0.3, 0.4) is 0 Å². The first-order chi connectivity index (χ1) is 8.99. The van der Waals surface area contributed by atoms with E-state index in [1.54, 1.807) is 6.07 Å². The molecule has 0 bridgehead atoms. The molecule has 0 saturated carbocycles. The topological polar surface area (TPSA) is 29.1 Å². The van der Waals surface area contributed by atoms with Crippen LogP contribution in [-0.4, -0.2) is 5.91 Å². The van der Waals surface area contributed by atoms with Crippen LogP contribution in [0.5, 0.6) is 0 Å². The molecule has 0 aliphatic heterocycles. The van der Waals surface area contributed by atoms with E-state index in [-0.39, 0.29) is 11.3 Å². The van der Waals surface area contributed by atoms with Crippen LogP contribution < -0.4 is 5.32 Å². The summed E-state index contributed by atoms with van der Waals surface area (Å²) < 4.78 is 27.2. The van der Waals surface area contributed by atoms with Crippen LogP contribution in [0.15, 0.2) is 45.3 Å². The first-order valence-electron chi connectivity index (χ1n) is 5.19. The molecule has 6 heteroatoms. The lowest BCUT2D eigenvalue weighted by atomic mass is 10.2. The molecule has 0 spiro atoms. The predicted octanol–water partition coefficient (Wildman–Crippen LogP) is 4.74. The van der Waals surface area contributed by atoms with Gasteiger partial charge in [0.25, 0.3) is 5.91 Å². The number of para-hydroxylation sites is 1. The van der Waals surface area contributed by atoms with Gasteiger partial charge in [0.15, 0.2) is 0 Å². The van der Waals surface area contributed by atoms with Gasteiger partial charge in [-0.2, -0.15) is 0 Å². The molecule has 0 aromatic heterocycles. The van der Waals surface area contributed by atoms with Crippen LogP contribution in [-0.2, 0) is 0 Å². The monoisotopic (exact) mass is 389 g/mol. The Hall–Kier alpha value is -1.27. The van der Waals surface area contributed by atoms with E-state index in [2.05, 4.69) is 37.2 Å². The normalized spacial score (nSPS) is 10.3. The van der Waals surface area contributed by atoms with Crippen molar-refractivity contribution in [2.75, 3.05) is 5.32 Å². The highest BCUT2D eigenvalue weighted by Crippen LogP contribution is 2.27. The first-order valence-corrected chi connectivity index (χ1v) is 6.78. The van der Waals surface area contributed by atoms with E-state index in [9.17, 15) is 13.6 Å². The molecule has 0 aliphatic rings. The van der Waals surface area contributed by atoms with Crippen molar-refractivity contribution in [2.24, 2.45) is 0 Å². The summed E-state index contributed by atoms with van der Waals surface area (Å²) in [5.74, 6) is -1.55. The number of halogens is 4. The minimum atomic E-state index is -0.555. The lowest BCUT2D eigenvalue weighted by Gasteiger charge is -2.09. The molecule has 0 unspecified atom stereocenters. The Labute approximate surface area is 125 Å².